The molecule has 0 amide bonds. The number of hydrogen-bond acceptors (Lipinski definition) is 1. The van der Waals surface area contributed by atoms with Gasteiger partial charge in [0.05, 0.1) is 6.04 Å². The highest BCUT2D eigenvalue weighted by Gasteiger charge is 2.23. The van der Waals surface area contributed by atoms with Crippen molar-refractivity contribution in [3.8, 4) is 11.1 Å². The highest BCUT2D eigenvalue weighted by molar-refractivity contribution is 5.71. The minimum Gasteiger partial charge on any atom is -0.334 e. The normalized spacial score (nSPS) is 18.7. The maximum absolute atomic E-state index is 2.43. The summed E-state index contributed by atoms with van der Waals surface area (Å²) >= 11 is 0. The molecule has 3 aromatic rings. The second-order valence-corrected chi connectivity index (χ2v) is 6.74. The second kappa shape index (κ2) is 7.45. The van der Waals surface area contributed by atoms with Crippen LogP contribution in [0.5, 0.6) is 0 Å². The molecule has 1 nitrogen and oxygen atoms in total. The zero-order valence-corrected chi connectivity index (χ0v) is 15.0. The molecular formula is C25H23N. The molecule has 1 aliphatic rings. The highest BCUT2D eigenvalue weighted by Crippen LogP contribution is 2.34. The Morgan fingerprint density at radius 2 is 1.12 bits per heavy atom. The van der Waals surface area contributed by atoms with Gasteiger partial charge in [-0.3, -0.25) is 0 Å². The lowest BCUT2D eigenvalue weighted by Gasteiger charge is -2.36. The maximum atomic E-state index is 2.43. The van der Waals surface area contributed by atoms with Crippen LogP contribution in [-0.2, 0) is 0 Å². The average Bonchev–Trinajstić information content (AvgIpc) is 2.72. The summed E-state index contributed by atoms with van der Waals surface area (Å²) in [5, 5.41) is 0. The van der Waals surface area contributed by atoms with E-state index in [9.17, 15) is 0 Å². The van der Waals surface area contributed by atoms with E-state index in [2.05, 4.69) is 121 Å². The number of nitrogens with zero attached hydrogens (tertiary/aromatic N) is 1. The molecule has 0 aliphatic heterocycles. The van der Waals surface area contributed by atoms with Crippen molar-refractivity contribution in [2.45, 2.75) is 13.0 Å². The van der Waals surface area contributed by atoms with Crippen LogP contribution in [0.15, 0.2) is 109 Å². The van der Waals surface area contributed by atoms with E-state index >= 15 is 0 Å². The zero-order chi connectivity index (χ0) is 17.8. The zero-order valence-electron chi connectivity index (χ0n) is 15.0. The predicted molar refractivity (Wildman–Crippen MR) is 112 cm³/mol. The van der Waals surface area contributed by atoms with Crippen molar-refractivity contribution >= 4 is 11.4 Å². The van der Waals surface area contributed by atoms with Gasteiger partial charge in [0.25, 0.3) is 0 Å². The quantitative estimate of drug-likeness (QED) is 0.517. The SMILES string of the molecule is CC1C=CC=CC1N(c1ccccc1)c1ccc(-c2ccccc2)cc1. The Kier molecular flexibility index (Phi) is 4.70. The van der Waals surface area contributed by atoms with E-state index < -0.39 is 0 Å². The van der Waals surface area contributed by atoms with Crippen LogP contribution >= 0.6 is 0 Å². The molecule has 1 aliphatic carbocycles. The summed E-state index contributed by atoms with van der Waals surface area (Å²) in [7, 11) is 0. The van der Waals surface area contributed by atoms with Crippen LogP contribution in [0.3, 0.4) is 0 Å². The summed E-state index contributed by atoms with van der Waals surface area (Å²) in [6.45, 7) is 2.28. The molecule has 0 saturated carbocycles. The van der Waals surface area contributed by atoms with E-state index in [-0.39, 0.29) is 0 Å². The van der Waals surface area contributed by atoms with Gasteiger partial charge in [0.15, 0.2) is 0 Å². The van der Waals surface area contributed by atoms with Crippen LogP contribution in [-0.4, -0.2) is 6.04 Å². The lowest BCUT2D eigenvalue weighted by atomic mass is 9.94. The van der Waals surface area contributed by atoms with Gasteiger partial charge >= 0.3 is 0 Å². The van der Waals surface area contributed by atoms with Gasteiger partial charge in [-0.05, 0) is 41.3 Å². The van der Waals surface area contributed by atoms with Gasteiger partial charge in [-0.2, -0.15) is 0 Å². The maximum Gasteiger partial charge on any atom is 0.0585 e. The standard InChI is InChI=1S/C25H23N/c1-20-10-8-9-15-25(20)26(23-13-6-3-7-14-23)24-18-16-22(17-19-24)21-11-4-2-5-12-21/h2-20,25H,1H3. The molecule has 0 bridgehead atoms. The second-order valence-electron chi connectivity index (χ2n) is 6.74. The molecule has 0 heterocycles. The van der Waals surface area contributed by atoms with Crippen molar-refractivity contribution in [1.29, 1.82) is 0 Å². The first-order chi connectivity index (χ1) is 12.8. The van der Waals surface area contributed by atoms with Crippen molar-refractivity contribution in [1.82, 2.24) is 0 Å². The highest BCUT2D eigenvalue weighted by atomic mass is 15.2. The lowest BCUT2D eigenvalue weighted by Crippen LogP contribution is -2.35. The number of benzene rings is 3. The fourth-order valence-electron chi connectivity index (χ4n) is 3.55. The van der Waals surface area contributed by atoms with Crippen LogP contribution in [0.2, 0.25) is 0 Å². The summed E-state index contributed by atoms with van der Waals surface area (Å²) < 4.78 is 0. The Bertz CT molecular complexity index is 892. The third kappa shape index (κ3) is 3.34. The van der Waals surface area contributed by atoms with Gasteiger partial charge in [-0.15, -0.1) is 0 Å². The van der Waals surface area contributed by atoms with Crippen LogP contribution in [0.25, 0.3) is 11.1 Å². The van der Waals surface area contributed by atoms with E-state index in [1.807, 2.05) is 0 Å². The van der Waals surface area contributed by atoms with E-state index in [4.69, 9.17) is 0 Å². The van der Waals surface area contributed by atoms with Gasteiger partial charge in [-0.25, -0.2) is 0 Å². The third-order valence-electron chi connectivity index (χ3n) is 4.96. The number of allylic oxidation sites excluding steroid dienone is 2. The number of hydrogen-bond donors (Lipinski definition) is 0. The van der Waals surface area contributed by atoms with Gasteiger partial charge in [0, 0.05) is 11.4 Å². The molecule has 0 aromatic heterocycles. The number of anilines is 2. The fourth-order valence-corrected chi connectivity index (χ4v) is 3.55. The summed E-state index contributed by atoms with van der Waals surface area (Å²) in [4.78, 5) is 2.43. The molecule has 0 saturated heterocycles. The van der Waals surface area contributed by atoms with Crippen molar-refractivity contribution < 1.29 is 0 Å². The van der Waals surface area contributed by atoms with E-state index in [1.165, 1.54) is 22.5 Å². The fraction of sp³-hybridized carbons (Fsp3) is 0.120. The summed E-state index contributed by atoms with van der Waals surface area (Å²) in [5.41, 5.74) is 4.93. The van der Waals surface area contributed by atoms with Crippen molar-refractivity contribution in [3.63, 3.8) is 0 Å². The molecule has 4 rings (SSSR count). The third-order valence-corrected chi connectivity index (χ3v) is 4.96. The predicted octanol–water partition coefficient (Wildman–Crippen LogP) is 6.62. The first-order valence-electron chi connectivity index (χ1n) is 9.18. The monoisotopic (exact) mass is 337 g/mol. The summed E-state index contributed by atoms with van der Waals surface area (Å²) in [6, 6.07) is 30.4. The first kappa shape index (κ1) is 16.4. The van der Waals surface area contributed by atoms with Crippen LogP contribution in [0.4, 0.5) is 11.4 Å². The van der Waals surface area contributed by atoms with Crippen LogP contribution in [0, 0.1) is 5.92 Å². The van der Waals surface area contributed by atoms with Crippen LogP contribution in [0.1, 0.15) is 6.92 Å². The minimum absolute atomic E-state index is 0.310. The van der Waals surface area contributed by atoms with Gasteiger partial charge in [0.1, 0.15) is 0 Å². The average molecular weight is 337 g/mol. The Balaban J connectivity index is 1.72. The van der Waals surface area contributed by atoms with Gasteiger partial charge in [-0.1, -0.05) is 91.9 Å². The van der Waals surface area contributed by atoms with Crippen molar-refractivity contribution in [2.24, 2.45) is 5.92 Å². The molecule has 2 atom stereocenters. The molecule has 128 valence electrons. The Morgan fingerprint density at radius 3 is 1.77 bits per heavy atom. The summed E-state index contributed by atoms with van der Waals surface area (Å²) in [6.07, 6.45) is 8.86. The molecule has 26 heavy (non-hydrogen) atoms. The van der Waals surface area contributed by atoms with Gasteiger partial charge in [0.2, 0.25) is 0 Å². The molecule has 0 fully saturated rings. The molecule has 2 unspecified atom stereocenters. The van der Waals surface area contributed by atoms with E-state index in [0.717, 1.165) is 0 Å². The molecular weight excluding hydrogens is 314 g/mol. The largest absolute Gasteiger partial charge is 0.334 e. The lowest BCUT2D eigenvalue weighted by molar-refractivity contribution is 0.609. The number of rotatable bonds is 4. The molecule has 0 N–H and O–H groups in total. The van der Waals surface area contributed by atoms with E-state index in [1.54, 1.807) is 0 Å². The topological polar surface area (TPSA) is 3.24 Å². The molecule has 0 spiro atoms. The summed E-state index contributed by atoms with van der Waals surface area (Å²) in [5.74, 6) is 0.453. The Hall–Kier alpha value is -3.06. The molecule has 3 aromatic carbocycles. The molecule has 1 heteroatoms. The van der Waals surface area contributed by atoms with Gasteiger partial charge < -0.3 is 4.90 Å². The number of para-hydroxylation sites is 1. The minimum atomic E-state index is 0.310. The van der Waals surface area contributed by atoms with Crippen LogP contribution < -0.4 is 4.90 Å². The van der Waals surface area contributed by atoms with Crippen molar-refractivity contribution in [3.05, 3.63) is 109 Å². The Labute approximate surface area is 155 Å². The first-order valence-corrected chi connectivity index (χ1v) is 9.18. The Morgan fingerprint density at radius 1 is 0.577 bits per heavy atom. The smallest absolute Gasteiger partial charge is 0.0585 e. The molecule has 0 radical (unpaired) electrons. The van der Waals surface area contributed by atoms with Crippen molar-refractivity contribution in [2.75, 3.05) is 4.90 Å². The van der Waals surface area contributed by atoms with E-state index in [0.29, 0.717) is 12.0 Å².